The number of benzene rings is 2. The van der Waals surface area contributed by atoms with Crippen molar-refractivity contribution in [3.63, 3.8) is 0 Å². The smallest absolute Gasteiger partial charge is 0.275 e. The number of halogens is 1. The van der Waals surface area contributed by atoms with E-state index in [-0.39, 0.29) is 30.4 Å². The fourth-order valence-electron chi connectivity index (χ4n) is 5.09. The van der Waals surface area contributed by atoms with Gasteiger partial charge in [-0.05, 0) is 25.0 Å². The van der Waals surface area contributed by atoms with Crippen LogP contribution in [0.5, 0.6) is 5.75 Å². The van der Waals surface area contributed by atoms with Crippen molar-refractivity contribution in [1.82, 2.24) is 19.8 Å². The van der Waals surface area contributed by atoms with E-state index in [1.54, 1.807) is 6.33 Å². The number of carbonyl (C=O) groups is 1. The van der Waals surface area contributed by atoms with Crippen LogP contribution in [-0.2, 0) is 0 Å². The topological polar surface area (TPSA) is 79.6 Å². The Morgan fingerprint density at radius 3 is 2.51 bits per heavy atom. The molecule has 8 heteroatoms. The summed E-state index contributed by atoms with van der Waals surface area (Å²) in [6, 6.07) is 19.4. The van der Waals surface area contributed by atoms with E-state index >= 15 is 0 Å². The van der Waals surface area contributed by atoms with Crippen molar-refractivity contribution in [2.75, 3.05) is 26.2 Å². The highest BCUT2D eigenvalue weighted by Crippen LogP contribution is 2.35. The molecule has 186 valence electrons. The van der Waals surface area contributed by atoms with E-state index in [9.17, 15) is 9.90 Å². The minimum Gasteiger partial charge on any atom is -0.491 e. The van der Waals surface area contributed by atoms with Gasteiger partial charge in [0.1, 0.15) is 12.4 Å². The lowest BCUT2D eigenvalue weighted by Crippen LogP contribution is -2.56. The van der Waals surface area contributed by atoms with Crippen LogP contribution in [0.1, 0.15) is 42.2 Å². The van der Waals surface area contributed by atoms with Crippen molar-refractivity contribution in [3.05, 3.63) is 72.7 Å². The van der Waals surface area contributed by atoms with Gasteiger partial charge in [-0.25, -0.2) is 4.98 Å². The Labute approximate surface area is 212 Å². The Morgan fingerprint density at radius 1 is 1.06 bits per heavy atom. The molecule has 2 aromatic carbocycles. The first-order valence-corrected chi connectivity index (χ1v) is 12.2. The zero-order valence-corrected chi connectivity index (χ0v) is 20.6. The molecule has 0 unspecified atom stereocenters. The largest absolute Gasteiger partial charge is 0.491 e. The minimum absolute atomic E-state index is 0. The van der Waals surface area contributed by atoms with E-state index < -0.39 is 6.10 Å². The molecule has 0 bridgehead atoms. The highest BCUT2D eigenvalue weighted by molar-refractivity contribution is 5.98. The number of amides is 1. The van der Waals surface area contributed by atoms with Crippen LogP contribution in [0, 0.1) is 0 Å². The summed E-state index contributed by atoms with van der Waals surface area (Å²) in [7, 11) is 0. The Morgan fingerprint density at radius 2 is 1.77 bits per heavy atom. The van der Waals surface area contributed by atoms with Crippen molar-refractivity contribution in [1.29, 1.82) is 0 Å². The third-order valence-corrected chi connectivity index (χ3v) is 6.89. The fraction of sp³-hybridized carbons (Fsp3) is 0.407. The molecule has 2 N–H and O–H groups in total. The molecule has 0 radical (unpaired) electrons. The molecule has 1 amide bonds. The molecule has 1 aromatic heterocycles. The van der Waals surface area contributed by atoms with E-state index in [1.807, 2.05) is 70.1 Å². The van der Waals surface area contributed by atoms with E-state index in [0.29, 0.717) is 25.4 Å². The van der Waals surface area contributed by atoms with Gasteiger partial charge in [-0.2, -0.15) is 0 Å². The second kappa shape index (κ2) is 11.7. The zero-order valence-electron chi connectivity index (χ0n) is 19.8. The number of carbonyl (C=O) groups excluding carboxylic acids is 1. The second-order valence-corrected chi connectivity index (χ2v) is 9.11. The lowest BCUT2D eigenvalue weighted by Gasteiger charge is -2.36. The maximum atomic E-state index is 13.9. The average molecular weight is 497 g/mol. The van der Waals surface area contributed by atoms with Gasteiger partial charge in [-0.1, -0.05) is 61.4 Å². The molecule has 2 aliphatic rings. The third-order valence-electron chi connectivity index (χ3n) is 6.89. The first-order chi connectivity index (χ1) is 16.7. The van der Waals surface area contributed by atoms with Crippen LogP contribution in [0.15, 0.2) is 67.0 Å². The molecule has 3 atom stereocenters. The van der Waals surface area contributed by atoms with E-state index in [1.165, 1.54) is 0 Å². The summed E-state index contributed by atoms with van der Waals surface area (Å²) in [5.74, 6) is 0.701. The lowest BCUT2D eigenvalue weighted by molar-refractivity contribution is 0.0553. The number of ether oxygens (including phenoxy) is 1. The van der Waals surface area contributed by atoms with E-state index in [4.69, 9.17) is 4.74 Å². The Hall–Kier alpha value is -2.87. The van der Waals surface area contributed by atoms with Gasteiger partial charge in [0.2, 0.25) is 0 Å². The number of imidazole rings is 1. The fourth-order valence-corrected chi connectivity index (χ4v) is 5.09. The molecule has 1 aliphatic heterocycles. The summed E-state index contributed by atoms with van der Waals surface area (Å²) in [5, 5.41) is 14.1. The summed E-state index contributed by atoms with van der Waals surface area (Å²) < 4.78 is 8.03. The van der Waals surface area contributed by atoms with Gasteiger partial charge in [0.25, 0.3) is 5.91 Å². The number of para-hydroxylation sites is 1. The van der Waals surface area contributed by atoms with Crippen molar-refractivity contribution in [2.24, 2.45) is 0 Å². The van der Waals surface area contributed by atoms with Gasteiger partial charge in [0.05, 0.1) is 30.2 Å². The normalized spacial score (nSPS) is 22.3. The van der Waals surface area contributed by atoms with Crippen molar-refractivity contribution < 1.29 is 14.6 Å². The molecule has 3 aromatic rings. The highest BCUT2D eigenvalue weighted by Gasteiger charge is 2.34. The average Bonchev–Trinajstić information content (AvgIpc) is 3.33. The van der Waals surface area contributed by atoms with Crippen LogP contribution >= 0.6 is 12.4 Å². The minimum atomic E-state index is -0.431. The molecular formula is C27H33ClN4O3. The maximum Gasteiger partial charge on any atom is 0.275 e. The number of hydrogen-bond acceptors (Lipinski definition) is 5. The zero-order chi connectivity index (χ0) is 23.3. The first kappa shape index (κ1) is 25.2. The van der Waals surface area contributed by atoms with Crippen molar-refractivity contribution >= 4 is 18.3 Å². The third kappa shape index (κ3) is 5.53. The summed E-state index contributed by atoms with van der Waals surface area (Å²) in [4.78, 5) is 20.4. The lowest BCUT2D eigenvalue weighted by atomic mass is 9.92. The molecule has 7 nitrogen and oxygen atoms in total. The number of aliphatic hydroxyl groups excluding tert-OH is 1. The van der Waals surface area contributed by atoms with Crippen LogP contribution < -0.4 is 10.1 Å². The number of aromatic nitrogens is 2. The van der Waals surface area contributed by atoms with Gasteiger partial charge < -0.3 is 24.6 Å². The quantitative estimate of drug-likeness (QED) is 0.540. The number of rotatable bonds is 6. The number of nitrogens with one attached hydrogen (secondary N) is 1. The molecule has 1 aliphatic carbocycles. The van der Waals surface area contributed by atoms with Crippen LogP contribution in [-0.4, -0.2) is 63.9 Å². The van der Waals surface area contributed by atoms with Crippen LogP contribution in [0.3, 0.4) is 0 Å². The first-order valence-electron chi connectivity index (χ1n) is 12.2. The Bertz CT molecular complexity index is 1090. The monoisotopic (exact) mass is 496 g/mol. The number of aliphatic hydroxyl groups is 1. The number of nitrogens with zero attached hydrogens (tertiary/aromatic N) is 3. The molecule has 2 heterocycles. The van der Waals surface area contributed by atoms with Gasteiger partial charge in [-0.15, -0.1) is 12.4 Å². The van der Waals surface area contributed by atoms with E-state index in [0.717, 1.165) is 49.2 Å². The summed E-state index contributed by atoms with van der Waals surface area (Å²) in [6.45, 7) is 2.40. The SMILES string of the molecule is Cl.O=C(c1ncn([C@H]2CCCC[C@H]2O)c1-c1ccccc1)N1CCNC[C@H]1COc1ccccc1. The highest BCUT2D eigenvalue weighted by atomic mass is 35.5. The summed E-state index contributed by atoms with van der Waals surface area (Å²) in [5.41, 5.74) is 2.17. The predicted octanol–water partition coefficient (Wildman–Crippen LogP) is 3.94. The summed E-state index contributed by atoms with van der Waals surface area (Å²) in [6.07, 6.45) is 5.06. The van der Waals surface area contributed by atoms with Gasteiger partial charge >= 0.3 is 0 Å². The van der Waals surface area contributed by atoms with Gasteiger partial charge in [-0.3, -0.25) is 4.79 Å². The van der Waals surface area contributed by atoms with Gasteiger partial charge in [0.15, 0.2) is 5.69 Å². The van der Waals surface area contributed by atoms with Gasteiger partial charge in [0, 0.05) is 25.2 Å². The molecule has 1 saturated carbocycles. The Balaban J connectivity index is 0.00000289. The predicted molar refractivity (Wildman–Crippen MR) is 138 cm³/mol. The number of hydrogen-bond donors (Lipinski definition) is 2. The molecule has 5 rings (SSSR count). The molecular weight excluding hydrogens is 464 g/mol. The number of piperazine rings is 1. The molecule has 2 fully saturated rings. The Kier molecular flexibility index (Phi) is 8.44. The van der Waals surface area contributed by atoms with Crippen LogP contribution in [0.25, 0.3) is 11.3 Å². The molecule has 0 spiro atoms. The van der Waals surface area contributed by atoms with Crippen molar-refractivity contribution in [2.45, 2.75) is 43.9 Å². The summed E-state index contributed by atoms with van der Waals surface area (Å²) >= 11 is 0. The van der Waals surface area contributed by atoms with E-state index in [2.05, 4.69) is 10.3 Å². The second-order valence-electron chi connectivity index (χ2n) is 9.11. The molecule has 35 heavy (non-hydrogen) atoms. The van der Waals surface area contributed by atoms with Crippen LogP contribution in [0.4, 0.5) is 0 Å². The van der Waals surface area contributed by atoms with Crippen LogP contribution in [0.2, 0.25) is 0 Å². The maximum absolute atomic E-state index is 13.9. The van der Waals surface area contributed by atoms with Crippen molar-refractivity contribution in [3.8, 4) is 17.0 Å². The standard InChI is InChI=1S/C27H32N4O3.ClH/c32-24-14-8-7-13-23(24)31-19-29-25(26(31)20-9-3-1-4-10-20)27(33)30-16-15-28-17-21(30)18-34-22-11-5-2-6-12-22;/h1-6,9-12,19,21,23-24,28,32H,7-8,13-18H2;1H/t21-,23-,24+;/m0./s1. The molecule has 1 saturated heterocycles.